The molecule has 3 aromatic rings. The molecular formula is C25H23F3O5S. The lowest BCUT2D eigenvalue weighted by atomic mass is 10.0. The molecule has 0 aliphatic rings. The first-order valence-corrected chi connectivity index (χ1v) is 11.1. The molecular weight excluding hydrogens is 469 g/mol. The van der Waals surface area contributed by atoms with E-state index in [0.717, 1.165) is 21.6 Å². The lowest BCUT2D eigenvalue weighted by Gasteiger charge is -2.14. The number of aryl methyl sites for hydroxylation is 1. The van der Waals surface area contributed by atoms with E-state index in [1.807, 2.05) is 37.3 Å². The number of carbonyl (C=O) groups is 1. The molecule has 0 fully saturated rings. The van der Waals surface area contributed by atoms with Crippen LogP contribution in [0.5, 0.6) is 17.2 Å². The van der Waals surface area contributed by atoms with E-state index in [4.69, 9.17) is 9.47 Å². The number of rotatable bonds is 9. The lowest BCUT2D eigenvalue weighted by molar-refractivity contribution is -0.274. The van der Waals surface area contributed by atoms with Crippen molar-refractivity contribution in [3.8, 4) is 28.4 Å². The average molecular weight is 493 g/mol. The average Bonchev–Trinajstić information content (AvgIpc) is 2.81. The van der Waals surface area contributed by atoms with E-state index in [1.54, 1.807) is 31.0 Å². The Bertz CT molecular complexity index is 1130. The first-order chi connectivity index (χ1) is 16.2. The Morgan fingerprint density at radius 1 is 0.941 bits per heavy atom. The summed E-state index contributed by atoms with van der Waals surface area (Å²) in [7, 11) is 2.86. The standard InChI is InChI=1S/C25H23F3O5S/c1-16-11-23(22(30-2)13-21(16)32-14-24(29)31-3)34-15-17-7-9-18(10-8-17)19-5-4-6-20(12-19)33-25(26,27)28/h4-13H,14-15H2,1-3H3. The Balaban J connectivity index is 1.68. The minimum Gasteiger partial charge on any atom is -0.495 e. The Hall–Kier alpha value is -3.33. The van der Waals surface area contributed by atoms with E-state index in [9.17, 15) is 18.0 Å². The number of benzene rings is 3. The highest BCUT2D eigenvalue weighted by molar-refractivity contribution is 7.98. The van der Waals surface area contributed by atoms with Crippen LogP contribution in [0.15, 0.2) is 65.6 Å². The lowest BCUT2D eigenvalue weighted by Crippen LogP contribution is -2.17. The highest BCUT2D eigenvalue weighted by Crippen LogP contribution is 2.37. The molecule has 9 heteroatoms. The van der Waals surface area contributed by atoms with Crippen LogP contribution in [0.2, 0.25) is 0 Å². The van der Waals surface area contributed by atoms with Crippen LogP contribution in [-0.2, 0) is 15.3 Å². The molecule has 0 bridgehead atoms. The van der Waals surface area contributed by atoms with Crippen LogP contribution in [0.25, 0.3) is 11.1 Å². The molecule has 0 saturated carbocycles. The van der Waals surface area contributed by atoms with Crippen LogP contribution in [0.4, 0.5) is 13.2 Å². The Labute approximate surface area is 199 Å². The summed E-state index contributed by atoms with van der Waals surface area (Å²) in [6, 6.07) is 17.1. The van der Waals surface area contributed by atoms with Crippen molar-refractivity contribution in [2.45, 2.75) is 23.9 Å². The number of ether oxygens (including phenoxy) is 4. The molecule has 0 amide bonds. The molecule has 34 heavy (non-hydrogen) atoms. The van der Waals surface area contributed by atoms with E-state index in [0.29, 0.717) is 22.8 Å². The summed E-state index contributed by atoms with van der Waals surface area (Å²) in [4.78, 5) is 12.2. The maximum absolute atomic E-state index is 12.5. The second-order valence-corrected chi connectivity index (χ2v) is 8.21. The van der Waals surface area contributed by atoms with E-state index >= 15 is 0 Å². The monoisotopic (exact) mass is 492 g/mol. The molecule has 180 valence electrons. The summed E-state index contributed by atoms with van der Waals surface area (Å²) in [5.41, 5.74) is 3.29. The number of hydrogen-bond donors (Lipinski definition) is 0. The minimum atomic E-state index is -4.73. The van der Waals surface area contributed by atoms with Crippen LogP contribution in [0, 0.1) is 6.92 Å². The molecule has 0 radical (unpaired) electrons. The molecule has 0 aliphatic carbocycles. The quantitative estimate of drug-likeness (QED) is 0.254. The third-order valence-corrected chi connectivity index (χ3v) is 5.89. The zero-order valence-electron chi connectivity index (χ0n) is 18.8. The van der Waals surface area contributed by atoms with Gasteiger partial charge in [-0.3, -0.25) is 0 Å². The number of hydrogen-bond acceptors (Lipinski definition) is 6. The molecule has 0 N–H and O–H groups in total. The molecule has 0 aromatic heterocycles. The number of thioether (sulfide) groups is 1. The van der Waals surface area contributed by atoms with Crippen molar-refractivity contribution in [1.29, 1.82) is 0 Å². The van der Waals surface area contributed by atoms with Gasteiger partial charge in [-0.15, -0.1) is 24.9 Å². The van der Waals surface area contributed by atoms with Crippen LogP contribution < -0.4 is 14.2 Å². The highest BCUT2D eigenvalue weighted by Gasteiger charge is 2.31. The number of methoxy groups -OCH3 is 2. The Kier molecular flexibility index (Phi) is 8.33. The fraction of sp³-hybridized carbons (Fsp3) is 0.240. The van der Waals surface area contributed by atoms with Crippen molar-refractivity contribution in [1.82, 2.24) is 0 Å². The van der Waals surface area contributed by atoms with Gasteiger partial charge < -0.3 is 18.9 Å². The summed E-state index contributed by atoms with van der Waals surface area (Å²) in [5, 5.41) is 0. The zero-order valence-corrected chi connectivity index (χ0v) is 19.6. The van der Waals surface area contributed by atoms with Crippen molar-refractivity contribution in [3.05, 3.63) is 71.8 Å². The number of alkyl halides is 3. The molecule has 0 atom stereocenters. The Morgan fingerprint density at radius 2 is 1.68 bits per heavy atom. The van der Waals surface area contributed by atoms with Gasteiger partial charge in [-0.1, -0.05) is 36.4 Å². The zero-order chi connectivity index (χ0) is 24.7. The van der Waals surface area contributed by atoms with Gasteiger partial charge in [0.2, 0.25) is 0 Å². The minimum absolute atomic E-state index is 0.190. The van der Waals surface area contributed by atoms with Gasteiger partial charge in [0.1, 0.15) is 17.2 Å². The summed E-state index contributed by atoms with van der Waals surface area (Å²) < 4.78 is 57.0. The smallest absolute Gasteiger partial charge is 0.495 e. The van der Waals surface area contributed by atoms with Crippen LogP contribution in [0.1, 0.15) is 11.1 Å². The highest BCUT2D eigenvalue weighted by atomic mass is 32.2. The second-order valence-electron chi connectivity index (χ2n) is 7.19. The molecule has 0 unspecified atom stereocenters. The van der Waals surface area contributed by atoms with E-state index in [1.165, 1.54) is 25.3 Å². The summed E-state index contributed by atoms with van der Waals surface area (Å²) in [6.07, 6.45) is -4.73. The first kappa shape index (κ1) is 25.3. The molecule has 0 spiro atoms. The van der Waals surface area contributed by atoms with Gasteiger partial charge in [0.15, 0.2) is 6.61 Å². The fourth-order valence-electron chi connectivity index (χ4n) is 3.09. The van der Waals surface area contributed by atoms with Gasteiger partial charge >= 0.3 is 12.3 Å². The second kappa shape index (κ2) is 11.2. The van der Waals surface area contributed by atoms with Gasteiger partial charge in [-0.2, -0.15) is 0 Å². The predicted octanol–water partition coefficient (Wildman–Crippen LogP) is 6.41. The third kappa shape index (κ3) is 7.08. The predicted molar refractivity (Wildman–Crippen MR) is 123 cm³/mol. The maximum Gasteiger partial charge on any atom is 0.573 e. The van der Waals surface area contributed by atoms with Crippen LogP contribution >= 0.6 is 11.8 Å². The normalized spacial score (nSPS) is 11.1. The first-order valence-electron chi connectivity index (χ1n) is 10.1. The van der Waals surface area contributed by atoms with Crippen molar-refractivity contribution in [3.63, 3.8) is 0 Å². The topological polar surface area (TPSA) is 54.0 Å². The fourth-order valence-corrected chi connectivity index (χ4v) is 4.15. The summed E-state index contributed by atoms with van der Waals surface area (Å²) in [5.74, 6) is 1.07. The molecule has 5 nitrogen and oxygen atoms in total. The largest absolute Gasteiger partial charge is 0.573 e. The van der Waals surface area contributed by atoms with Gasteiger partial charge in [-0.25, -0.2) is 4.79 Å². The van der Waals surface area contributed by atoms with Crippen LogP contribution in [0.3, 0.4) is 0 Å². The van der Waals surface area contributed by atoms with Gasteiger partial charge in [0, 0.05) is 11.8 Å². The molecule has 0 aliphatic heterocycles. The molecule has 0 saturated heterocycles. The maximum atomic E-state index is 12.5. The number of carbonyl (C=O) groups excluding carboxylic acids is 1. The van der Waals surface area contributed by atoms with E-state index < -0.39 is 12.3 Å². The van der Waals surface area contributed by atoms with Crippen molar-refractivity contribution in [2.75, 3.05) is 20.8 Å². The van der Waals surface area contributed by atoms with Gasteiger partial charge in [0.05, 0.1) is 19.1 Å². The van der Waals surface area contributed by atoms with E-state index in [2.05, 4.69) is 9.47 Å². The number of esters is 1. The van der Waals surface area contributed by atoms with Gasteiger partial charge in [0.25, 0.3) is 0 Å². The summed E-state index contributed by atoms with van der Waals surface area (Å²) in [6.45, 7) is 1.69. The van der Waals surface area contributed by atoms with Crippen molar-refractivity contribution in [2.24, 2.45) is 0 Å². The number of halogens is 3. The van der Waals surface area contributed by atoms with E-state index in [-0.39, 0.29) is 12.4 Å². The summed E-state index contributed by atoms with van der Waals surface area (Å²) >= 11 is 1.57. The van der Waals surface area contributed by atoms with Crippen LogP contribution in [-0.4, -0.2) is 33.2 Å². The molecule has 3 rings (SSSR count). The van der Waals surface area contributed by atoms with Crippen molar-refractivity contribution >= 4 is 17.7 Å². The Morgan fingerprint density at radius 3 is 2.32 bits per heavy atom. The van der Waals surface area contributed by atoms with Crippen molar-refractivity contribution < 1.29 is 36.9 Å². The SMILES string of the molecule is COC(=O)COc1cc(OC)c(SCc2ccc(-c3cccc(OC(F)(F)F)c3)cc2)cc1C. The molecule has 0 heterocycles. The van der Waals surface area contributed by atoms with Gasteiger partial charge in [-0.05, 0) is 47.4 Å². The third-order valence-electron chi connectivity index (χ3n) is 4.78. The molecule has 3 aromatic carbocycles.